The largest absolute Gasteiger partial charge is 0.457 e. The Morgan fingerprint density at radius 2 is 1.83 bits per heavy atom. The molecular weight excluding hydrogens is 362 g/mol. The summed E-state index contributed by atoms with van der Waals surface area (Å²) in [4.78, 5) is 16.8. The predicted molar refractivity (Wildman–Crippen MR) is 118 cm³/mol. The fourth-order valence-electron chi connectivity index (χ4n) is 2.99. The van der Waals surface area contributed by atoms with Crippen molar-refractivity contribution < 1.29 is 9.53 Å². The second kappa shape index (κ2) is 9.24. The van der Waals surface area contributed by atoms with Crippen LogP contribution in [-0.4, -0.2) is 10.9 Å². The highest BCUT2D eigenvalue weighted by atomic mass is 16.5. The maximum Gasteiger partial charge on any atom is 0.259 e. The molecule has 29 heavy (non-hydrogen) atoms. The number of aryl methyl sites for hydroxylation is 3. The van der Waals surface area contributed by atoms with E-state index in [4.69, 9.17) is 10.5 Å². The molecule has 3 rings (SSSR count). The highest BCUT2D eigenvalue weighted by Crippen LogP contribution is 2.25. The molecule has 0 saturated carbocycles. The molecule has 0 unspecified atom stereocenters. The van der Waals surface area contributed by atoms with Crippen molar-refractivity contribution in [3.63, 3.8) is 0 Å². The number of aromatic nitrogens is 1. The quantitative estimate of drug-likeness (QED) is 0.546. The van der Waals surface area contributed by atoms with Crippen LogP contribution >= 0.6 is 0 Å². The third kappa shape index (κ3) is 5.35. The first-order valence-corrected chi connectivity index (χ1v) is 9.88. The van der Waals surface area contributed by atoms with Gasteiger partial charge in [0.1, 0.15) is 17.3 Å². The second-order valence-corrected chi connectivity index (χ2v) is 7.16. The van der Waals surface area contributed by atoms with E-state index in [1.54, 1.807) is 18.2 Å². The maximum absolute atomic E-state index is 12.5. The molecule has 1 aromatic heterocycles. The number of rotatable bonds is 7. The molecule has 5 heteroatoms. The number of nitrogens with one attached hydrogen (secondary N) is 1. The van der Waals surface area contributed by atoms with Crippen LogP contribution in [0.25, 0.3) is 0 Å². The number of hydrogen-bond acceptors (Lipinski definition) is 4. The lowest BCUT2D eigenvalue weighted by Crippen LogP contribution is -2.15. The van der Waals surface area contributed by atoms with Crippen molar-refractivity contribution in [3.05, 3.63) is 77.0 Å². The van der Waals surface area contributed by atoms with Crippen molar-refractivity contribution in [3.8, 4) is 11.5 Å². The van der Waals surface area contributed by atoms with Crippen molar-refractivity contribution in [2.75, 3.05) is 11.1 Å². The predicted octanol–water partition coefficient (Wildman–Crippen LogP) is 5.67. The molecule has 150 valence electrons. The number of pyridine rings is 1. The molecule has 0 spiro atoms. The number of ether oxygens (including phenoxy) is 1. The number of unbranched alkanes of at least 4 members (excludes halogenated alkanes) is 1. The van der Waals surface area contributed by atoms with Gasteiger partial charge in [0.25, 0.3) is 5.91 Å². The number of nitrogens with two attached hydrogens (primary N) is 1. The van der Waals surface area contributed by atoms with E-state index in [0.717, 1.165) is 23.4 Å². The zero-order valence-corrected chi connectivity index (χ0v) is 17.2. The number of nitrogen functional groups attached to an aromatic ring is 1. The average Bonchev–Trinajstić information content (AvgIpc) is 2.71. The summed E-state index contributed by atoms with van der Waals surface area (Å²) in [7, 11) is 0. The molecule has 1 heterocycles. The van der Waals surface area contributed by atoms with Gasteiger partial charge >= 0.3 is 0 Å². The molecule has 0 saturated heterocycles. The SMILES string of the molecule is CCCCc1cccc(Oc2ccc(NC(=O)c3cc(C)c(C)nc3N)cc2)c1. The number of hydrogen-bond donors (Lipinski definition) is 2. The Hall–Kier alpha value is -3.34. The number of carbonyl (C=O) groups is 1. The Labute approximate surface area is 171 Å². The lowest BCUT2D eigenvalue weighted by Gasteiger charge is -2.11. The van der Waals surface area contributed by atoms with Crippen LogP contribution in [0.2, 0.25) is 0 Å². The lowest BCUT2D eigenvalue weighted by molar-refractivity contribution is 0.102. The Morgan fingerprint density at radius 3 is 2.55 bits per heavy atom. The minimum Gasteiger partial charge on any atom is -0.457 e. The molecule has 0 atom stereocenters. The molecule has 2 aromatic carbocycles. The van der Waals surface area contributed by atoms with E-state index < -0.39 is 0 Å². The van der Waals surface area contributed by atoms with Crippen LogP contribution in [0.15, 0.2) is 54.6 Å². The second-order valence-electron chi connectivity index (χ2n) is 7.16. The molecule has 0 aliphatic rings. The molecule has 0 bridgehead atoms. The number of anilines is 2. The normalized spacial score (nSPS) is 10.6. The van der Waals surface area contributed by atoms with Crippen molar-refractivity contribution in [1.29, 1.82) is 0 Å². The molecule has 3 N–H and O–H groups in total. The first kappa shape index (κ1) is 20.4. The van der Waals surface area contributed by atoms with Gasteiger partial charge in [-0.25, -0.2) is 4.98 Å². The third-order valence-corrected chi connectivity index (χ3v) is 4.81. The fourth-order valence-corrected chi connectivity index (χ4v) is 2.99. The summed E-state index contributed by atoms with van der Waals surface area (Å²) in [5, 5.41) is 2.85. The number of benzene rings is 2. The van der Waals surface area contributed by atoms with Crippen LogP contribution < -0.4 is 15.8 Å². The lowest BCUT2D eigenvalue weighted by atomic mass is 10.1. The highest BCUT2D eigenvalue weighted by molar-refractivity contribution is 6.07. The van der Waals surface area contributed by atoms with Crippen LogP contribution in [0.5, 0.6) is 11.5 Å². The van der Waals surface area contributed by atoms with Gasteiger partial charge in [-0.05, 0) is 80.3 Å². The van der Waals surface area contributed by atoms with E-state index in [9.17, 15) is 4.79 Å². The molecular formula is C24H27N3O2. The van der Waals surface area contributed by atoms with E-state index in [2.05, 4.69) is 29.4 Å². The molecule has 1 amide bonds. The Morgan fingerprint density at radius 1 is 1.07 bits per heavy atom. The monoisotopic (exact) mass is 389 g/mol. The summed E-state index contributed by atoms with van der Waals surface area (Å²) in [5.41, 5.74) is 9.96. The number of carbonyl (C=O) groups excluding carboxylic acids is 1. The van der Waals surface area contributed by atoms with Crippen LogP contribution in [0.1, 0.15) is 46.9 Å². The van der Waals surface area contributed by atoms with Gasteiger partial charge in [-0.15, -0.1) is 0 Å². The highest BCUT2D eigenvalue weighted by Gasteiger charge is 2.13. The zero-order chi connectivity index (χ0) is 20.8. The Kier molecular flexibility index (Phi) is 6.50. The summed E-state index contributed by atoms with van der Waals surface area (Å²) in [6.45, 7) is 5.96. The first-order chi connectivity index (χ1) is 14.0. The first-order valence-electron chi connectivity index (χ1n) is 9.88. The maximum atomic E-state index is 12.5. The number of nitrogens with zero attached hydrogens (tertiary/aromatic N) is 1. The topological polar surface area (TPSA) is 77.2 Å². The summed E-state index contributed by atoms with van der Waals surface area (Å²) >= 11 is 0. The summed E-state index contributed by atoms with van der Waals surface area (Å²) in [6.07, 6.45) is 3.38. The van der Waals surface area contributed by atoms with Crippen molar-refractivity contribution in [1.82, 2.24) is 4.98 Å². The summed E-state index contributed by atoms with van der Waals surface area (Å²) in [5.74, 6) is 1.47. The Bertz CT molecular complexity index is 998. The van der Waals surface area contributed by atoms with Gasteiger partial charge in [0.15, 0.2) is 0 Å². The van der Waals surface area contributed by atoms with Gasteiger partial charge in [0, 0.05) is 11.4 Å². The van der Waals surface area contributed by atoms with E-state index in [1.807, 2.05) is 38.1 Å². The zero-order valence-electron chi connectivity index (χ0n) is 17.2. The van der Waals surface area contributed by atoms with Crippen LogP contribution in [0.4, 0.5) is 11.5 Å². The van der Waals surface area contributed by atoms with Gasteiger partial charge in [-0.3, -0.25) is 4.79 Å². The standard InChI is InChI=1S/C24H27N3O2/c1-4-5-7-18-8-6-9-21(15-18)29-20-12-10-19(11-13-20)27-24(28)22-14-16(2)17(3)26-23(22)25/h6,8-15H,4-5,7H2,1-3H3,(H2,25,26)(H,27,28). The summed E-state index contributed by atoms with van der Waals surface area (Å²) in [6, 6.07) is 17.2. The van der Waals surface area contributed by atoms with Gasteiger partial charge in [0.05, 0.1) is 5.56 Å². The van der Waals surface area contributed by atoms with Crippen molar-refractivity contribution in [2.24, 2.45) is 0 Å². The van der Waals surface area contributed by atoms with E-state index in [0.29, 0.717) is 17.0 Å². The fraction of sp³-hybridized carbons (Fsp3) is 0.250. The van der Waals surface area contributed by atoms with Gasteiger partial charge in [-0.1, -0.05) is 25.5 Å². The van der Waals surface area contributed by atoms with E-state index >= 15 is 0 Å². The molecule has 0 aliphatic carbocycles. The van der Waals surface area contributed by atoms with Crippen molar-refractivity contribution >= 4 is 17.4 Å². The van der Waals surface area contributed by atoms with Gasteiger partial charge in [-0.2, -0.15) is 0 Å². The number of amides is 1. The van der Waals surface area contributed by atoms with Crippen LogP contribution in [0, 0.1) is 13.8 Å². The molecule has 0 radical (unpaired) electrons. The summed E-state index contributed by atoms with van der Waals surface area (Å²) < 4.78 is 5.95. The van der Waals surface area contributed by atoms with E-state index in [-0.39, 0.29) is 11.7 Å². The van der Waals surface area contributed by atoms with Crippen molar-refractivity contribution in [2.45, 2.75) is 40.0 Å². The molecule has 0 aliphatic heterocycles. The van der Waals surface area contributed by atoms with E-state index in [1.165, 1.54) is 18.4 Å². The van der Waals surface area contributed by atoms with Crippen LogP contribution in [0.3, 0.4) is 0 Å². The molecule has 3 aromatic rings. The third-order valence-electron chi connectivity index (χ3n) is 4.81. The molecule has 5 nitrogen and oxygen atoms in total. The smallest absolute Gasteiger partial charge is 0.259 e. The molecule has 0 fully saturated rings. The minimum absolute atomic E-state index is 0.230. The van der Waals surface area contributed by atoms with Crippen LogP contribution in [-0.2, 0) is 6.42 Å². The van der Waals surface area contributed by atoms with Gasteiger partial charge < -0.3 is 15.8 Å². The van der Waals surface area contributed by atoms with Gasteiger partial charge in [0.2, 0.25) is 0 Å². The minimum atomic E-state index is -0.282. The Balaban J connectivity index is 1.66. The average molecular weight is 389 g/mol.